The van der Waals surface area contributed by atoms with E-state index < -0.39 is 6.23 Å². The van der Waals surface area contributed by atoms with Gasteiger partial charge in [0.2, 0.25) is 23.2 Å². The molecule has 0 saturated carbocycles. The summed E-state index contributed by atoms with van der Waals surface area (Å²) in [5, 5.41) is 9.47. The normalized spacial score (nSPS) is 15.3. The second kappa shape index (κ2) is 7.41. The standard InChI is InChI=1S/C20H17ClN4O2S/c1-11-5-4-6-13(9-11)19-25(12(2)26)16-8-7-14(21)10-15(16)17-18(27-19)22-20(28-3)24-23-17/h4-10,19H,1-3H3/t19-/m1/s1. The van der Waals surface area contributed by atoms with Crippen LogP contribution >= 0.6 is 23.4 Å². The molecule has 28 heavy (non-hydrogen) atoms. The highest BCUT2D eigenvalue weighted by Crippen LogP contribution is 2.44. The van der Waals surface area contributed by atoms with Crippen LogP contribution < -0.4 is 9.64 Å². The predicted molar refractivity (Wildman–Crippen MR) is 110 cm³/mol. The molecule has 0 fully saturated rings. The molecule has 0 spiro atoms. The number of hydrogen-bond donors (Lipinski definition) is 0. The zero-order valence-electron chi connectivity index (χ0n) is 15.5. The Bertz CT molecular complexity index is 1080. The molecule has 1 aromatic heterocycles. The molecule has 1 aliphatic rings. The molecule has 0 radical (unpaired) electrons. The van der Waals surface area contributed by atoms with E-state index in [9.17, 15) is 4.79 Å². The fraction of sp³-hybridized carbons (Fsp3) is 0.200. The second-order valence-electron chi connectivity index (χ2n) is 6.39. The van der Waals surface area contributed by atoms with Crippen molar-refractivity contribution in [1.82, 2.24) is 15.2 Å². The Hall–Kier alpha value is -2.64. The van der Waals surface area contributed by atoms with Gasteiger partial charge in [0.05, 0.1) is 5.69 Å². The van der Waals surface area contributed by atoms with Crippen molar-refractivity contribution in [3.8, 4) is 17.1 Å². The van der Waals surface area contributed by atoms with E-state index >= 15 is 0 Å². The summed E-state index contributed by atoms with van der Waals surface area (Å²) >= 11 is 7.61. The summed E-state index contributed by atoms with van der Waals surface area (Å²) in [6, 6.07) is 13.1. The number of ether oxygens (including phenoxy) is 1. The average molecular weight is 413 g/mol. The number of nitrogens with zero attached hydrogens (tertiary/aromatic N) is 4. The molecule has 8 heteroatoms. The summed E-state index contributed by atoms with van der Waals surface area (Å²) in [5.41, 5.74) is 3.66. The fourth-order valence-electron chi connectivity index (χ4n) is 3.20. The lowest BCUT2D eigenvalue weighted by atomic mass is 10.1. The van der Waals surface area contributed by atoms with Gasteiger partial charge in [0, 0.05) is 23.1 Å². The minimum Gasteiger partial charge on any atom is -0.447 e. The van der Waals surface area contributed by atoms with Crippen molar-refractivity contribution in [2.24, 2.45) is 0 Å². The van der Waals surface area contributed by atoms with Gasteiger partial charge in [0.25, 0.3) is 0 Å². The van der Waals surface area contributed by atoms with Crippen molar-refractivity contribution in [3.05, 3.63) is 58.6 Å². The van der Waals surface area contributed by atoms with Crippen molar-refractivity contribution in [2.75, 3.05) is 11.2 Å². The third-order valence-electron chi connectivity index (χ3n) is 4.42. The average Bonchev–Trinajstić information content (AvgIpc) is 2.81. The molecule has 0 saturated heterocycles. The first-order chi connectivity index (χ1) is 13.5. The maximum atomic E-state index is 12.7. The lowest BCUT2D eigenvalue weighted by Crippen LogP contribution is -2.36. The first-order valence-electron chi connectivity index (χ1n) is 8.59. The summed E-state index contributed by atoms with van der Waals surface area (Å²) in [5.74, 6) is 0.152. The minimum absolute atomic E-state index is 0.166. The van der Waals surface area contributed by atoms with E-state index in [4.69, 9.17) is 16.3 Å². The van der Waals surface area contributed by atoms with Crippen LogP contribution in [0.3, 0.4) is 0 Å². The monoisotopic (exact) mass is 412 g/mol. The molecule has 1 amide bonds. The van der Waals surface area contributed by atoms with Gasteiger partial charge in [0.1, 0.15) is 0 Å². The van der Waals surface area contributed by atoms with Gasteiger partial charge in [0.15, 0.2) is 5.69 Å². The molecule has 0 N–H and O–H groups in total. The highest BCUT2D eigenvalue weighted by atomic mass is 35.5. The second-order valence-corrected chi connectivity index (χ2v) is 7.60. The van der Waals surface area contributed by atoms with Crippen LogP contribution in [-0.2, 0) is 4.79 Å². The quantitative estimate of drug-likeness (QED) is 0.570. The Morgan fingerprint density at radius 2 is 2.04 bits per heavy atom. The van der Waals surface area contributed by atoms with E-state index in [1.807, 2.05) is 37.4 Å². The Balaban J connectivity index is 2.00. The maximum Gasteiger partial charge on any atom is 0.247 e. The number of benzene rings is 2. The maximum absolute atomic E-state index is 12.7. The van der Waals surface area contributed by atoms with E-state index in [2.05, 4.69) is 15.2 Å². The molecular weight excluding hydrogens is 396 g/mol. The molecule has 0 bridgehead atoms. The number of carbonyl (C=O) groups is 1. The molecule has 1 atom stereocenters. The van der Waals surface area contributed by atoms with Crippen molar-refractivity contribution in [3.63, 3.8) is 0 Å². The number of aryl methyl sites for hydroxylation is 1. The van der Waals surface area contributed by atoms with E-state index in [1.54, 1.807) is 23.1 Å². The summed E-state index contributed by atoms with van der Waals surface area (Å²) < 4.78 is 6.27. The molecule has 2 heterocycles. The van der Waals surface area contributed by atoms with Gasteiger partial charge in [-0.15, -0.1) is 10.2 Å². The van der Waals surface area contributed by atoms with Gasteiger partial charge < -0.3 is 4.74 Å². The number of carbonyl (C=O) groups excluding carboxylic acids is 1. The molecule has 142 valence electrons. The molecular formula is C20H17ClN4O2S. The van der Waals surface area contributed by atoms with Crippen molar-refractivity contribution < 1.29 is 9.53 Å². The summed E-state index contributed by atoms with van der Waals surface area (Å²) in [7, 11) is 0. The molecule has 6 nitrogen and oxygen atoms in total. The Kier molecular flexibility index (Phi) is 4.95. The number of hydrogen-bond acceptors (Lipinski definition) is 6. The van der Waals surface area contributed by atoms with E-state index in [1.165, 1.54) is 18.7 Å². The topological polar surface area (TPSA) is 68.2 Å². The number of anilines is 1. The van der Waals surface area contributed by atoms with Crippen LogP contribution in [0.25, 0.3) is 11.3 Å². The minimum atomic E-state index is -0.690. The number of aromatic nitrogens is 3. The lowest BCUT2D eigenvalue weighted by molar-refractivity contribution is -0.118. The Morgan fingerprint density at radius 3 is 2.75 bits per heavy atom. The smallest absolute Gasteiger partial charge is 0.247 e. The first-order valence-corrected chi connectivity index (χ1v) is 10.2. The molecule has 4 rings (SSSR count). The van der Waals surface area contributed by atoms with Gasteiger partial charge in [-0.3, -0.25) is 9.69 Å². The van der Waals surface area contributed by atoms with Crippen molar-refractivity contribution in [2.45, 2.75) is 25.2 Å². The van der Waals surface area contributed by atoms with Gasteiger partial charge in [-0.1, -0.05) is 53.2 Å². The molecule has 1 aliphatic heterocycles. The van der Waals surface area contributed by atoms with Gasteiger partial charge >= 0.3 is 0 Å². The van der Waals surface area contributed by atoms with E-state index in [0.717, 1.165) is 11.1 Å². The Morgan fingerprint density at radius 1 is 1.21 bits per heavy atom. The summed E-state index contributed by atoms with van der Waals surface area (Å²) in [4.78, 5) is 18.8. The van der Waals surface area contributed by atoms with Crippen LogP contribution in [0.2, 0.25) is 5.02 Å². The molecule has 0 unspecified atom stereocenters. The number of thioether (sulfide) groups is 1. The van der Waals surface area contributed by atoms with Crippen molar-refractivity contribution in [1.29, 1.82) is 0 Å². The molecule has 2 aromatic carbocycles. The third kappa shape index (κ3) is 3.31. The summed E-state index contributed by atoms with van der Waals surface area (Å²) in [6.45, 7) is 3.50. The van der Waals surface area contributed by atoms with Gasteiger partial charge in [-0.2, -0.15) is 4.98 Å². The number of rotatable bonds is 2. The third-order valence-corrected chi connectivity index (χ3v) is 5.19. The number of amides is 1. The SMILES string of the molecule is CSc1nnc2c(n1)O[C@H](c1cccc(C)c1)N(C(C)=O)c1ccc(Cl)cc1-2. The highest BCUT2D eigenvalue weighted by molar-refractivity contribution is 7.98. The lowest BCUT2D eigenvalue weighted by Gasteiger charge is -2.30. The van der Waals surface area contributed by atoms with E-state index in [0.29, 0.717) is 33.0 Å². The Labute approximate surface area is 171 Å². The van der Waals surface area contributed by atoms with Gasteiger partial charge in [-0.25, -0.2) is 0 Å². The zero-order chi connectivity index (χ0) is 19.8. The largest absolute Gasteiger partial charge is 0.447 e. The highest BCUT2D eigenvalue weighted by Gasteiger charge is 2.34. The van der Waals surface area contributed by atoms with E-state index in [-0.39, 0.29) is 5.91 Å². The van der Waals surface area contributed by atoms with Crippen LogP contribution in [0.15, 0.2) is 47.6 Å². The number of halogens is 1. The van der Waals surface area contributed by atoms with Crippen LogP contribution in [0.5, 0.6) is 5.88 Å². The first kappa shape index (κ1) is 18.7. The molecule has 3 aromatic rings. The predicted octanol–water partition coefficient (Wildman–Crippen LogP) is 4.67. The van der Waals surface area contributed by atoms with Crippen LogP contribution in [0, 0.1) is 6.92 Å². The van der Waals surface area contributed by atoms with Crippen molar-refractivity contribution >= 4 is 35.0 Å². The van der Waals surface area contributed by atoms with Gasteiger partial charge in [-0.05, 0) is 31.4 Å². The molecule has 0 aliphatic carbocycles. The number of fused-ring (bicyclic) bond motifs is 3. The van der Waals surface area contributed by atoms with Crippen LogP contribution in [0.4, 0.5) is 5.69 Å². The fourth-order valence-corrected chi connectivity index (χ4v) is 3.67. The van der Waals surface area contributed by atoms with Crippen LogP contribution in [0.1, 0.15) is 24.3 Å². The van der Waals surface area contributed by atoms with Crippen LogP contribution in [-0.4, -0.2) is 27.3 Å². The zero-order valence-corrected chi connectivity index (χ0v) is 17.1. The summed E-state index contributed by atoms with van der Waals surface area (Å²) in [6.07, 6.45) is 1.18.